The molecule has 0 atom stereocenters. The van der Waals surface area contributed by atoms with Gasteiger partial charge in [-0.25, -0.2) is 0 Å². The van der Waals surface area contributed by atoms with Gasteiger partial charge in [-0.1, -0.05) is 28.3 Å². The summed E-state index contributed by atoms with van der Waals surface area (Å²) in [6.07, 6.45) is 4.33. The third kappa shape index (κ3) is 4.01. The number of amides is 2. The molecule has 2 aliphatic rings. The number of rotatable bonds is 6. The van der Waals surface area contributed by atoms with Crippen LogP contribution < -0.4 is 5.32 Å². The average Bonchev–Trinajstić information content (AvgIpc) is 3.06. The molecule has 2 amide bonds. The highest BCUT2D eigenvalue weighted by atomic mass is 32.2. The van der Waals surface area contributed by atoms with Crippen molar-refractivity contribution in [1.29, 1.82) is 0 Å². The van der Waals surface area contributed by atoms with Gasteiger partial charge in [0.2, 0.25) is 11.0 Å². The third-order valence-corrected chi connectivity index (χ3v) is 6.10. The van der Waals surface area contributed by atoms with Crippen molar-refractivity contribution in [2.24, 2.45) is 0 Å². The Labute approximate surface area is 152 Å². The Bertz CT molecular complexity index is 780. The summed E-state index contributed by atoms with van der Waals surface area (Å²) in [5, 5.41) is 14.8. The number of carbonyl (C=O) groups excluding carboxylic acids is 2. The average molecular weight is 379 g/mol. The fraction of sp³-hybridized carbons (Fsp3) is 0.533. The van der Waals surface area contributed by atoms with E-state index < -0.39 is 0 Å². The molecule has 25 heavy (non-hydrogen) atoms. The molecule has 0 radical (unpaired) electrons. The number of anilines is 1. The first kappa shape index (κ1) is 16.5. The lowest BCUT2D eigenvalue weighted by atomic mass is 10.3. The largest absolute Gasteiger partial charge is 0.360 e. The first-order valence-corrected chi connectivity index (χ1v) is 10.0. The molecule has 0 spiro atoms. The highest BCUT2D eigenvalue weighted by Gasteiger charge is 2.29. The number of likely N-dealkylation sites (tertiary alicyclic amines) is 1. The molecular formula is C15H17N5O3S2. The quantitative estimate of drug-likeness (QED) is 0.607. The van der Waals surface area contributed by atoms with Crippen LogP contribution >= 0.6 is 23.1 Å². The number of aromatic nitrogens is 3. The second-order valence-electron chi connectivity index (χ2n) is 6.09. The smallest absolute Gasteiger partial charge is 0.279 e. The lowest BCUT2D eigenvalue weighted by Gasteiger charge is -2.13. The van der Waals surface area contributed by atoms with E-state index in [4.69, 9.17) is 4.52 Å². The van der Waals surface area contributed by atoms with E-state index in [2.05, 4.69) is 20.7 Å². The Morgan fingerprint density at radius 2 is 2.12 bits per heavy atom. The molecule has 1 aliphatic heterocycles. The Hall–Kier alpha value is -1.94. The van der Waals surface area contributed by atoms with Crippen molar-refractivity contribution in [3.63, 3.8) is 0 Å². The Morgan fingerprint density at radius 1 is 1.32 bits per heavy atom. The van der Waals surface area contributed by atoms with Gasteiger partial charge in [0.25, 0.3) is 5.91 Å². The summed E-state index contributed by atoms with van der Waals surface area (Å²) in [5.74, 6) is 1.28. The molecule has 1 saturated heterocycles. The molecule has 2 aromatic rings. The summed E-state index contributed by atoms with van der Waals surface area (Å²) in [6, 6.07) is 1.68. The maximum atomic E-state index is 12.2. The van der Waals surface area contributed by atoms with Crippen LogP contribution in [0.5, 0.6) is 0 Å². The molecule has 1 saturated carbocycles. The molecule has 4 rings (SSSR count). The second kappa shape index (κ2) is 7.12. The number of hydrogen-bond acceptors (Lipinski definition) is 8. The molecule has 1 aliphatic carbocycles. The van der Waals surface area contributed by atoms with Crippen molar-refractivity contribution >= 4 is 40.0 Å². The fourth-order valence-electron chi connectivity index (χ4n) is 2.62. The van der Waals surface area contributed by atoms with Crippen molar-refractivity contribution in [1.82, 2.24) is 20.3 Å². The van der Waals surface area contributed by atoms with Gasteiger partial charge in [-0.3, -0.25) is 14.9 Å². The van der Waals surface area contributed by atoms with Gasteiger partial charge in [0, 0.05) is 25.1 Å². The molecule has 0 bridgehead atoms. The predicted molar refractivity (Wildman–Crippen MR) is 92.9 cm³/mol. The van der Waals surface area contributed by atoms with Gasteiger partial charge in [-0.2, -0.15) is 0 Å². The summed E-state index contributed by atoms with van der Waals surface area (Å²) in [4.78, 5) is 26.1. The SMILES string of the molecule is O=C(Nc1nnc(SCC(=O)N2CCCC2)s1)c1cc(C2CC2)on1. The lowest BCUT2D eigenvalue weighted by molar-refractivity contribution is -0.127. The summed E-state index contributed by atoms with van der Waals surface area (Å²) >= 11 is 2.59. The van der Waals surface area contributed by atoms with E-state index in [1.54, 1.807) is 6.07 Å². The molecule has 0 aromatic carbocycles. The molecule has 2 fully saturated rings. The fourth-order valence-corrected chi connectivity index (χ4v) is 4.27. The molecule has 132 valence electrons. The van der Waals surface area contributed by atoms with Crippen LogP contribution in [0.1, 0.15) is 47.8 Å². The second-order valence-corrected chi connectivity index (χ2v) is 8.29. The van der Waals surface area contributed by atoms with Gasteiger partial charge in [0.05, 0.1) is 5.75 Å². The van der Waals surface area contributed by atoms with Crippen LogP contribution in [0.25, 0.3) is 0 Å². The van der Waals surface area contributed by atoms with Gasteiger partial charge >= 0.3 is 0 Å². The Balaban J connectivity index is 1.29. The van der Waals surface area contributed by atoms with Crippen molar-refractivity contribution in [2.45, 2.75) is 35.9 Å². The van der Waals surface area contributed by atoms with Crippen molar-refractivity contribution in [3.8, 4) is 0 Å². The van der Waals surface area contributed by atoms with Crippen LogP contribution in [0.4, 0.5) is 5.13 Å². The topological polar surface area (TPSA) is 101 Å². The minimum absolute atomic E-state index is 0.124. The first-order valence-electron chi connectivity index (χ1n) is 8.21. The minimum atomic E-state index is -0.364. The zero-order chi connectivity index (χ0) is 17.2. The van der Waals surface area contributed by atoms with Crippen LogP contribution in [0.15, 0.2) is 14.9 Å². The summed E-state index contributed by atoms with van der Waals surface area (Å²) < 4.78 is 5.83. The van der Waals surface area contributed by atoms with E-state index in [0.29, 0.717) is 21.1 Å². The van der Waals surface area contributed by atoms with E-state index in [-0.39, 0.29) is 17.5 Å². The maximum Gasteiger partial charge on any atom is 0.279 e. The molecular weight excluding hydrogens is 362 g/mol. The van der Waals surface area contributed by atoms with E-state index in [1.807, 2.05) is 4.90 Å². The third-order valence-electron chi connectivity index (χ3n) is 4.15. The number of nitrogens with zero attached hydrogens (tertiary/aromatic N) is 4. The normalized spacial score (nSPS) is 17.0. The predicted octanol–water partition coefficient (Wildman–Crippen LogP) is 2.37. The highest BCUT2D eigenvalue weighted by Crippen LogP contribution is 2.40. The maximum absolute atomic E-state index is 12.2. The summed E-state index contributed by atoms with van der Waals surface area (Å²) in [7, 11) is 0. The van der Waals surface area contributed by atoms with E-state index in [9.17, 15) is 9.59 Å². The Kier molecular flexibility index (Phi) is 4.71. The summed E-state index contributed by atoms with van der Waals surface area (Å²) in [6.45, 7) is 1.69. The van der Waals surface area contributed by atoms with Crippen LogP contribution in [-0.4, -0.2) is 50.9 Å². The molecule has 8 nitrogen and oxygen atoms in total. The molecule has 2 aromatic heterocycles. The van der Waals surface area contributed by atoms with E-state index in [0.717, 1.165) is 44.5 Å². The zero-order valence-corrected chi connectivity index (χ0v) is 15.1. The molecule has 0 unspecified atom stereocenters. The van der Waals surface area contributed by atoms with Gasteiger partial charge in [-0.15, -0.1) is 10.2 Å². The molecule has 1 N–H and O–H groups in total. The monoisotopic (exact) mass is 379 g/mol. The van der Waals surface area contributed by atoms with Crippen LogP contribution in [-0.2, 0) is 4.79 Å². The van der Waals surface area contributed by atoms with Crippen molar-refractivity contribution in [3.05, 3.63) is 17.5 Å². The lowest BCUT2D eigenvalue weighted by Crippen LogP contribution is -2.29. The number of carbonyl (C=O) groups is 2. The van der Waals surface area contributed by atoms with Gasteiger partial charge in [-0.05, 0) is 25.7 Å². The van der Waals surface area contributed by atoms with Gasteiger partial charge < -0.3 is 9.42 Å². The zero-order valence-electron chi connectivity index (χ0n) is 13.4. The number of hydrogen-bond donors (Lipinski definition) is 1. The Morgan fingerprint density at radius 3 is 2.88 bits per heavy atom. The van der Waals surface area contributed by atoms with Crippen LogP contribution in [0.3, 0.4) is 0 Å². The first-order chi connectivity index (χ1) is 12.2. The number of thioether (sulfide) groups is 1. The van der Waals surface area contributed by atoms with Gasteiger partial charge in [0.15, 0.2) is 10.0 Å². The van der Waals surface area contributed by atoms with E-state index >= 15 is 0 Å². The van der Waals surface area contributed by atoms with E-state index in [1.165, 1.54) is 23.1 Å². The summed E-state index contributed by atoms with van der Waals surface area (Å²) in [5.41, 5.74) is 0.246. The standard InChI is InChI=1S/C15H17N5O3S2/c21-12(20-5-1-2-6-20)8-24-15-18-17-14(25-15)16-13(22)10-7-11(23-19-10)9-3-4-9/h7,9H,1-6,8H2,(H,16,17,22). The molecule has 3 heterocycles. The number of nitrogens with one attached hydrogen (secondary N) is 1. The van der Waals surface area contributed by atoms with Crippen LogP contribution in [0.2, 0.25) is 0 Å². The van der Waals surface area contributed by atoms with Crippen LogP contribution in [0, 0.1) is 0 Å². The van der Waals surface area contributed by atoms with Crippen molar-refractivity contribution in [2.75, 3.05) is 24.2 Å². The molecule has 10 heteroatoms. The van der Waals surface area contributed by atoms with Crippen molar-refractivity contribution < 1.29 is 14.1 Å². The van der Waals surface area contributed by atoms with Gasteiger partial charge in [0.1, 0.15) is 5.76 Å². The highest BCUT2D eigenvalue weighted by molar-refractivity contribution is 8.01. The minimum Gasteiger partial charge on any atom is -0.360 e.